The van der Waals surface area contributed by atoms with Crippen LogP contribution in [0.2, 0.25) is 0 Å². The molecule has 1 aromatic heterocycles. The molecule has 106 valence electrons. The molecule has 0 aliphatic heterocycles. The Balaban J connectivity index is 2.10. The standard InChI is InChI=1S/C15H14BrN5/c1-9-6-10(16)8-11(7-9)18-14-12-4-2-3-5-13(12)19-15(20-14)21-17/h2-8H,17H2,1H3,(H2,18,19,20,21). The number of benzene rings is 2. The Bertz CT molecular complexity index is 783. The van der Waals surface area contributed by atoms with Crippen LogP contribution in [0.3, 0.4) is 0 Å². The molecule has 0 amide bonds. The van der Waals surface area contributed by atoms with E-state index < -0.39 is 0 Å². The quantitative estimate of drug-likeness (QED) is 0.499. The fourth-order valence-corrected chi connectivity index (χ4v) is 2.79. The average molecular weight is 344 g/mol. The van der Waals surface area contributed by atoms with Gasteiger partial charge in [-0.1, -0.05) is 28.1 Å². The van der Waals surface area contributed by atoms with Crippen LogP contribution in [0, 0.1) is 6.92 Å². The Morgan fingerprint density at radius 1 is 1.10 bits per heavy atom. The van der Waals surface area contributed by atoms with Gasteiger partial charge in [-0.3, -0.25) is 5.43 Å². The van der Waals surface area contributed by atoms with E-state index in [4.69, 9.17) is 5.84 Å². The molecule has 0 aliphatic carbocycles. The first kappa shape index (κ1) is 13.8. The van der Waals surface area contributed by atoms with E-state index in [0.29, 0.717) is 11.8 Å². The molecule has 0 aliphatic rings. The Hall–Kier alpha value is -2.18. The highest BCUT2D eigenvalue weighted by Crippen LogP contribution is 2.27. The van der Waals surface area contributed by atoms with E-state index in [1.807, 2.05) is 37.3 Å². The summed E-state index contributed by atoms with van der Waals surface area (Å²) < 4.78 is 1.01. The van der Waals surface area contributed by atoms with E-state index in [2.05, 4.69) is 48.8 Å². The van der Waals surface area contributed by atoms with E-state index in [1.165, 1.54) is 0 Å². The van der Waals surface area contributed by atoms with Gasteiger partial charge in [0.2, 0.25) is 5.95 Å². The fourth-order valence-electron chi connectivity index (χ4n) is 2.18. The highest BCUT2D eigenvalue weighted by atomic mass is 79.9. The second kappa shape index (κ2) is 5.67. The molecule has 4 N–H and O–H groups in total. The van der Waals surface area contributed by atoms with Crippen molar-refractivity contribution >= 4 is 44.3 Å². The number of nitrogens with one attached hydrogen (secondary N) is 2. The largest absolute Gasteiger partial charge is 0.340 e. The van der Waals surface area contributed by atoms with Crippen molar-refractivity contribution in [1.82, 2.24) is 9.97 Å². The highest BCUT2D eigenvalue weighted by molar-refractivity contribution is 9.10. The monoisotopic (exact) mass is 343 g/mol. The van der Waals surface area contributed by atoms with E-state index in [-0.39, 0.29) is 0 Å². The smallest absolute Gasteiger partial charge is 0.239 e. The predicted molar refractivity (Wildman–Crippen MR) is 89.5 cm³/mol. The fraction of sp³-hybridized carbons (Fsp3) is 0.0667. The van der Waals surface area contributed by atoms with Gasteiger partial charge < -0.3 is 5.32 Å². The zero-order chi connectivity index (χ0) is 14.8. The zero-order valence-electron chi connectivity index (χ0n) is 11.4. The maximum atomic E-state index is 5.44. The van der Waals surface area contributed by atoms with E-state index in [0.717, 1.165) is 26.6 Å². The molecule has 0 bridgehead atoms. The highest BCUT2D eigenvalue weighted by Gasteiger charge is 2.07. The number of fused-ring (bicyclic) bond motifs is 1. The van der Waals surface area contributed by atoms with Crippen LogP contribution >= 0.6 is 15.9 Å². The average Bonchev–Trinajstić information content (AvgIpc) is 2.46. The SMILES string of the molecule is Cc1cc(Br)cc(Nc2nc(NN)nc3ccccc23)c1. The van der Waals surface area contributed by atoms with Crippen molar-refractivity contribution in [3.8, 4) is 0 Å². The summed E-state index contributed by atoms with van der Waals surface area (Å²) >= 11 is 3.50. The number of anilines is 3. The predicted octanol–water partition coefficient (Wildman–Crippen LogP) is 3.73. The number of rotatable bonds is 3. The number of nitrogens with two attached hydrogens (primary N) is 1. The van der Waals surface area contributed by atoms with Gasteiger partial charge in [0.25, 0.3) is 0 Å². The van der Waals surface area contributed by atoms with Gasteiger partial charge in [0, 0.05) is 15.5 Å². The maximum Gasteiger partial charge on any atom is 0.239 e. The molecule has 2 aromatic carbocycles. The van der Waals surface area contributed by atoms with Gasteiger partial charge in [-0.15, -0.1) is 0 Å². The summed E-state index contributed by atoms with van der Waals surface area (Å²) in [5.41, 5.74) is 5.43. The summed E-state index contributed by atoms with van der Waals surface area (Å²) in [5.74, 6) is 6.53. The number of para-hydroxylation sites is 1. The molecular weight excluding hydrogens is 330 g/mol. The third-order valence-electron chi connectivity index (χ3n) is 3.04. The van der Waals surface area contributed by atoms with E-state index in [1.54, 1.807) is 0 Å². The van der Waals surface area contributed by atoms with Crippen molar-refractivity contribution in [2.75, 3.05) is 10.7 Å². The Kier molecular flexibility index (Phi) is 3.72. The Morgan fingerprint density at radius 2 is 1.90 bits per heavy atom. The number of nitrogens with zero attached hydrogens (tertiary/aromatic N) is 2. The van der Waals surface area contributed by atoms with Crippen molar-refractivity contribution in [3.05, 3.63) is 52.5 Å². The number of nitrogen functional groups attached to an aromatic ring is 1. The maximum absolute atomic E-state index is 5.44. The molecule has 6 heteroatoms. The van der Waals surface area contributed by atoms with Gasteiger partial charge in [-0.05, 0) is 42.8 Å². The van der Waals surface area contributed by atoms with Crippen LogP contribution in [-0.4, -0.2) is 9.97 Å². The molecule has 3 rings (SSSR count). The summed E-state index contributed by atoms with van der Waals surface area (Å²) in [4.78, 5) is 8.73. The molecule has 1 heterocycles. The minimum Gasteiger partial charge on any atom is -0.340 e. The first-order chi connectivity index (χ1) is 10.2. The van der Waals surface area contributed by atoms with Crippen LogP contribution in [0.15, 0.2) is 46.9 Å². The van der Waals surface area contributed by atoms with E-state index in [9.17, 15) is 0 Å². The summed E-state index contributed by atoms with van der Waals surface area (Å²) in [7, 11) is 0. The number of aryl methyl sites for hydroxylation is 1. The second-order valence-corrected chi connectivity index (χ2v) is 5.62. The zero-order valence-corrected chi connectivity index (χ0v) is 13.0. The molecule has 0 saturated carbocycles. The topological polar surface area (TPSA) is 75.9 Å². The molecule has 0 radical (unpaired) electrons. The molecule has 0 spiro atoms. The van der Waals surface area contributed by atoms with Crippen molar-refractivity contribution in [2.24, 2.45) is 5.84 Å². The van der Waals surface area contributed by atoms with Gasteiger partial charge >= 0.3 is 0 Å². The first-order valence-corrected chi connectivity index (χ1v) is 7.22. The van der Waals surface area contributed by atoms with Crippen LogP contribution in [0.1, 0.15) is 5.56 Å². The lowest BCUT2D eigenvalue weighted by Gasteiger charge is -2.11. The van der Waals surface area contributed by atoms with Crippen LogP contribution in [0.5, 0.6) is 0 Å². The lowest BCUT2D eigenvalue weighted by atomic mass is 10.2. The molecule has 0 saturated heterocycles. The summed E-state index contributed by atoms with van der Waals surface area (Å²) in [6.45, 7) is 2.04. The molecule has 21 heavy (non-hydrogen) atoms. The van der Waals surface area contributed by atoms with Crippen LogP contribution in [0.25, 0.3) is 10.9 Å². The lowest BCUT2D eigenvalue weighted by molar-refractivity contribution is 1.15. The molecule has 0 atom stereocenters. The molecular formula is C15H14BrN5. The van der Waals surface area contributed by atoms with Crippen molar-refractivity contribution in [1.29, 1.82) is 0 Å². The first-order valence-electron chi connectivity index (χ1n) is 6.43. The normalized spacial score (nSPS) is 10.6. The number of hydrazine groups is 1. The third kappa shape index (κ3) is 2.96. The number of halogens is 1. The minimum absolute atomic E-state index is 0.378. The number of aromatic nitrogens is 2. The van der Waals surface area contributed by atoms with Crippen molar-refractivity contribution < 1.29 is 0 Å². The summed E-state index contributed by atoms with van der Waals surface area (Å²) in [6, 6.07) is 13.9. The lowest BCUT2D eigenvalue weighted by Crippen LogP contribution is -2.11. The van der Waals surface area contributed by atoms with Crippen LogP contribution in [-0.2, 0) is 0 Å². The Labute approximate surface area is 130 Å². The third-order valence-corrected chi connectivity index (χ3v) is 3.50. The molecule has 5 nitrogen and oxygen atoms in total. The van der Waals surface area contributed by atoms with Gasteiger partial charge in [0.15, 0.2) is 0 Å². The number of hydrogen-bond acceptors (Lipinski definition) is 5. The Morgan fingerprint density at radius 3 is 2.67 bits per heavy atom. The minimum atomic E-state index is 0.378. The summed E-state index contributed by atoms with van der Waals surface area (Å²) in [6.07, 6.45) is 0. The second-order valence-electron chi connectivity index (χ2n) is 4.70. The summed E-state index contributed by atoms with van der Waals surface area (Å²) in [5, 5.41) is 4.27. The van der Waals surface area contributed by atoms with E-state index >= 15 is 0 Å². The number of hydrogen-bond donors (Lipinski definition) is 3. The van der Waals surface area contributed by atoms with Gasteiger partial charge in [0.1, 0.15) is 5.82 Å². The van der Waals surface area contributed by atoms with Gasteiger partial charge in [-0.2, -0.15) is 4.98 Å². The van der Waals surface area contributed by atoms with Crippen LogP contribution in [0.4, 0.5) is 17.5 Å². The molecule has 3 aromatic rings. The van der Waals surface area contributed by atoms with Crippen molar-refractivity contribution in [2.45, 2.75) is 6.92 Å². The van der Waals surface area contributed by atoms with Crippen LogP contribution < -0.4 is 16.6 Å². The molecule has 0 fully saturated rings. The van der Waals surface area contributed by atoms with Gasteiger partial charge in [0.05, 0.1) is 5.52 Å². The van der Waals surface area contributed by atoms with Gasteiger partial charge in [-0.25, -0.2) is 10.8 Å². The van der Waals surface area contributed by atoms with Crippen molar-refractivity contribution in [3.63, 3.8) is 0 Å². The molecule has 0 unspecified atom stereocenters.